The number of hydrogen-bond acceptors (Lipinski definition) is 2. The van der Waals surface area contributed by atoms with Crippen LogP contribution in [0.3, 0.4) is 0 Å². The van der Waals surface area contributed by atoms with E-state index in [1.165, 1.54) is 90.1 Å². The molecule has 45 heavy (non-hydrogen) atoms. The number of rotatable bonds is 3. The molecule has 1 nitrogen and oxygen atoms in total. The summed E-state index contributed by atoms with van der Waals surface area (Å²) >= 11 is 3.79. The Hall–Kier alpha value is -5.22. The summed E-state index contributed by atoms with van der Waals surface area (Å²) < 4.78 is 7.81. The predicted molar refractivity (Wildman–Crippen MR) is 197 cm³/mol. The molecular weight excluding hydrogens is 583 g/mol. The molecule has 0 aliphatic rings. The molecule has 3 heteroatoms. The van der Waals surface area contributed by atoms with E-state index in [9.17, 15) is 0 Å². The number of thiophene rings is 2. The van der Waals surface area contributed by atoms with Crippen molar-refractivity contribution in [3.8, 4) is 27.9 Å². The van der Waals surface area contributed by atoms with Gasteiger partial charge in [0.15, 0.2) is 0 Å². The zero-order valence-electron chi connectivity index (χ0n) is 24.2. The Bertz CT molecular complexity index is 2740. The van der Waals surface area contributed by atoms with Gasteiger partial charge in [-0.2, -0.15) is 0 Å². The molecule has 3 heterocycles. The summed E-state index contributed by atoms with van der Waals surface area (Å²) in [6.45, 7) is 0. The molecule has 0 radical (unpaired) electrons. The average Bonchev–Trinajstić information content (AvgIpc) is 3.78. The van der Waals surface area contributed by atoms with Crippen molar-refractivity contribution in [1.29, 1.82) is 0 Å². The van der Waals surface area contributed by atoms with Gasteiger partial charge in [-0.3, -0.25) is 0 Å². The number of aromatic nitrogens is 1. The third kappa shape index (κ3) is 3.72. The lowest BCUT2D eigenvalue weighted by Crippen LogP contribution is -1.92. The highest BCUT2D eigenvalue weighted by Crippen LogP contribution is 2.46. The Morgan fingerprint density at radius 1 is 0.378 bits per heavy atom. The summed E-state index contributed by atoms with van der Waals surface area (Å²) in [5.41, 5.74) is 8.76. The van der Waals surface area contributed by atoms with Crippen LogP contribution in [-0.4, -0.2) is 4.57 Å². The van der Waals surface area contributed by atoms with E-state index in [4.69, 9.17) is 0 Å². The average molecular weight is 608 g/mol. The Balaban J connectivity index is 1.15. The molecule has 0 fully saturated rings. The monoisotopic (exact) mass is 607 g/mol. The molecule has 0 unspecified atom stereocenters. The molecule has 0 saturated heterocycles. The Kier molecular flexibility index (Phi) is 5.39. The van der Waals surface area contributed by atoms with E-state index in [-0.39, 0.29) is 0 Å². The molecule has 0 aliphatic heterocycles. The maximum Gasteiger partial charge on any atom is 0.0719 e. The van der Waals surface area contributed by atoms with Crippen molar-refractivity contribution in [2.75, 3.05) is 0 Å². The van der Waals surface area contributed by atoms with Gasteiger partial charge in [0, 0.05) is 52.1 Å². The molecule has 0 aliphatic carbocycles. The van der Waals surface area contributed by atoms with Gasteiger partial charge in [0.1, 0.15) is 0 Å². The fraction of sp³-hybridized carbons (Fsp3) is 0. The number of nitrogens with zero attached hydrogens (tertiary/aromatic N) is 1. The lowest BCUT2D eigenvalue weighted by Gasteiger charge is -2.08. The van der Waals surface area contributed by atoms with Crippen molar-refractivity contribution >= 4 is 84.8 Å². The first-order chi connectivity index (χ1) is 22.3. The van der Waals surface area contributed by atoms with Gasteiger partial charge in [-0.25, -0.2) is 0 Å². The van der Waals surface area contributed by atoms with E-state index in [0.717, 1.165) is 0 Å². The molecule has 0 atom stereocenters. The zero-order valence-corrected chi connectivity index (χ0v) is 25.8. The van der Waals surface area contributed by atoms with Crippen molar-refractivity contribution in [2.45, 2.75) is 0 Å². The molecule has 3 aromatic heterocycles. The normalized spacial score (nSPS) is 12.0. The fourth-order valence-electron chi connectivity index (χ4n) is 7.12. The van der Waals surface area contributed by atoms with E-state index in [1.54, 1.807) is 0 Å². The second-order valence-corrected chi connectivity index (χ2v) is 13.8. The molecule has 0 amide bonds. The van der Waals surface area contributed by atoms with Crippen molar-refractivity contribution in [2.24, 2.45) is 0 Å². The van der Waals surface area contributed by atoms with Crippen LogP contribution in [0.25, 0.3) is 90.1 Å². The summed E-state index contributed by atoms with van der Waals surface area (Å²) in [5.74, 6) is 0. The van der Waals surface area contributed by atoms with Crippen LogP contribution < -0.4 is 0 Å². The highest BCUT2D eigenvalue weighted by molar-refractivity contribution is 7.27. The highest BCUT2D eigenvalue weighted by atomic mass is 32.1. The van der Waals surface area contributed by atoms with Gasteiger partial charge < -0.3 is 4.57 Å². The quantitative estimate of drug-likeness (QED) is 0.188. The second-order valence-electron chi connectivity index (χ2n) is 11.7. The van der Waals surface area contributed by atoms with Crippen LogP contribution >= 0.6 is 22.7 Å². The van der Waals surface area contributed by atoms with Crippen molar-refractivity contribution in [1.82, 2.24) is 4.57 Å². The number of benzene rings is 7. The van der Waals surface area contributed by atoms with Gasteiger partial charge in [-0.15, -0.1) is 22.7 Å². The summed E-state index contributed by atoms with van der Waals surface area (Å²) in [5, 5.41) is 7.91. The first kappa shape index (κ1) is 25.1. The van der Waals surface area contributed by atoms with Crippen LogP contribution in [0.1, 0.15) is 0 Å². The lowest BCUT2D eigenvalue weighted by molar-refractivity contribution is 1.19. The molecule has 10 rings (SSSR count). The molecule has 0 saturated carbocycles. The van der Waals surface area contributed by atoms with E-state index in [2.05, 4.69) is 156 Å². The zero-order chi connectivity index (χ0) is 29.5. The number of hydrogen-bond donors (Lipinski definition) is 0. The fourth-order valence-corrected chi connectivity index (χ4v) is 9.58. The number of fused-ring (bicyclic) bond motifs is 10. The Labute approximate surface area is 267 Å². The van der Waals surface area contributed by atoms with E-state index >= 15 is 0 Å². The third-order valence-corrected chi connectivity index (χ3v) is 11.6. The molecule has 0 N–H and O–H groups in total. The maximum absolute atomic E-state index is 2.45. The highest BCUT2D eigenvalue weighted by Gasteiger charge is 2.19. The largest absolute Gasteiger partial charge is 0.308 e. The summed E-state index contributed by atoms with van der Waals surface area (Å²) in [6, 6.07) is 55.7. The van der Waals surface area contributed by atoms with Gasteiger partial charge in [0.05, 0.1) is 15.7 Å². The molecule has 7 aromatic carbocycles. The first-order valence-corrected chi connectivity index (χ1v) is 16.9. The van der Waals surface area contributed by atoms with Gasteiger partial charge in [-0.1, -0.05) is 115 Å². The standard InChI is InChI=1S/C42H25NS2/c1-2-9-29(10-3-1)43-37-15-6-4-11-31(37)33-22-23-35-34-14-8-13-30(41(34)45-42(35)40(33)43)27-19-17-26(18-20-27)28-21-24-39-36(25-28)32-12-5-7-16-38(32)44-39/h1-25H. The van der Waals surface area contributed by atoms with E-state index < -0.39 is 0 Å². The summed E-state index contributed by atoms with van der Waals surface area (Å²) in [4.78, 5) is 0. The lowest BCUT2D eigenvalue weighted by atomic mass is 9.98. The molecule has 0 spiro atoms. The van der Waals surface area contributed by atoms with Crippen LogP contribution in [0, 0.1) is 0 Å². The van der Waals surface area contributed by atoms with E-state index in [1.807, 2.05) is 22.7 Å². The summed E-state index contributed by atoms with van der Waals surface area (Å²) in [7, 11) is 0. The molecule has 210 valence electrons. The minimum atomic E-state index is 1.19. The molecule has 0 bridgehead atoms. The first-order valence-electron chi connectivity index (χ1n) is 15.3. The van der Waals surface area contributed by atoms with Crippen molar-refractivity contribution < 1.29 is 0 Å². The van der Waals surface area contributed by atoms with Crippen molar-refractivity contribution in [3.63, 3.8) is 0 Å². The maximum atomic E-state index is 2.45. The smallest absolute Gasteiger partial charge is 0.0719 e. The minimum absolute atomic E-state index is 1.19. The predicted octanol–water partition coefficient (Wildman–Crippen LogP) is 12.9. The molecule has 10 aromatic rings. The van der Waals surface area contributed by atoms with E-state index in [0.29, 0.717) is 0 Å². The minimum Gasteiger partial charge on any atom is -0.308 e. The SMILES string of the molecule is c1ccc(-n2c3ccccc3c3ccc4c5cccc(-c6ccc(-c7ccc8sc9ccccc9c8c7)cc6)c5sc4c32)cc1. The van der Waals surface area contributed by atoms with Crippen LogP contribution in [0.15, 0.2) is 152 Å². The summed E-state index contributed by atoms with van der Waals surface area (Å²) in [6.07, 6.45) is 0. The van der Waals surface area contributed by atoms with Gasteiger partial charge in [0.25, 0.3) is 0 Å². The van der Waals surface area contributed by atoms with Gasteiger partial charge in [-0.05, 0) is 58.7 Å². The second kappa shape index (κ2) is 9.64. The molecular formula is C42H25NS2. The Morgan fingerprint density at radius 3 is 1.93 bits per heavy atom. The topological polar surface area (TPSA) is 4.93 Å². The van der Waals surface area contributed by atoms with Crippen LogP contribution in [0.4, 0.5) is 0 Å². The van der Waals surface area contributed by atoms with Crippen LogP contribution in [0.5, 0.6) is 0 Å². The van der Waals surface area contributed by atoms with Crippen molar-refractivity contribution in [3.05, 3.63) is 152 Å². The third-order valence-electron chi connectivity index (χ3n) is 9.22. The van der Waals surface area contributed by atoms with Crippen LogP contribution in [0.2, 0.25) is 0 Å². The number of para-hydroxylation sites is 2. The van der Waals surface area contributed by atoms with Gasteiger partial charge >= 0.3 is 0 Å². The Morgan fingerprint density at radius 2 is 1.04 bits per heavy atom. The van der Waals surface area contributed by atoms with Gasteiger partial charge in [0.2, 0.25) is 0 Å². The van der Waals surface area contributed by atoms with Crippen LogP contribution in [-0.2, 0) is 0 Å².